The Morgan fingerprint density at radius 1 is 0.299 bits per heavy atom. The molecule has 0 saturated carbocycles. The number of aliphatic hydroxyl groups is 1. The lowest BCUT2D eigenvalue weighted by molar-refractivity contribution is -0.161. The molecule has 0 aromatic heterocycles. The van der Waals surface area contributed by atoms with Crippen LogP contribution in [0.1, 0.15) is 402 Å². The second-order valence-corrected chi connectivity index (χ2v) is 32.2. The molecule has 0 aliphatic carbocycles. The van der Waals surface area contributed by atoms with Crippen LogP contribution in [0.4, 0.5) is 0 Å². The van der Waals surface area contributed by atoms with Crippen LogP contribution >= 0.6 is 15.6 Å². The lowest BCUT2D eigenvalue weighted by Crippen LogP contribution is -2.30. The lowest BCUT2D eigenvalue weighted by Gasteiger charge is -2.21. The molecule has 97 heavy (non-hydrogen) atoms. The zero-order valence-electron chi connectivity index (χ0n) is 63.5. The molecule has 0 spiro atoms. The van der Waals surface area contributed by atoms with Crippen molar-refractivity contribution in [1.82, 2.24) is 0 Å². The Hall–Kier alpha value is -1.94. The van der Waals surface area contributed by atoms with Crippen LogP contribution in [0.5, 0.6) is 0 Å². The third-order valence-electron chi connectivity index (χ3n) is 18.5. The molecule has 0 aliphatic heterocycles. The van der Waals surface area contributed by atoms with Crippen molar-refractivity contribution in [3.8, 4) is 0 Å². The topological polar surface area (TPSA) is 237 Å². The summed E-state index contributed by atoms with van der Waals surface area (Å²) in [6, 6.07) is 0. The Labute approximate surface area is 594 Å². The lowest BCUT2D eigenvalue weighted by atomic mass is 10.00. The number of unbranched alkanes of at least 4 members (excludes halogenated alkanes) is 43. The highest BCUT2D eigenvalue weighted by molar-refractivity contribution is 7.47. The van der Waals surface area contributed by atoms with E-state index in [4.69, 9.17) is 37.0 Å². The highest BCUT2D eigenvalue weighted by Gasteiger charge is 2.30. The van der Waals surface area contributed by atoms with E-state index in [1.165, 1.54) is 205 Å². The van der Waals surface area contributed by atoms with E-state index < -0.39 is 97.5 Å². The largest absolute Gasteiger partial charge is 0.472 e. The van der Waals surface area contributed by atoms with Gasteiger partial charge in [0.25, 0.3) is 0 Å². The Morgan fingerprint density at radius 2 is 0.526 bits per heavy atom. The third-order valence-corrected chi connectivity index (χ3v) is 20.4. The minimum absolute atomic E-state index is 0.105. The van der Waals surface area contributed by atoms with Crippen molar-refractivity contribution < 1.29 is 80.2 Å². The maximum absolute atomic E-state index is 13.1. The first-order valence-electron chi connectivity index (χ1n) is 40.4. The first-order valence-corrected chi connectivity index (χ1v) is 43.4. The summed E-state index contributed by atoms with van der Waals surface area (Å²) >= 11 is 0. The second-order valence-electron chi connectivity index (χ2n) is 29.3. The van der Waals surface area contributed by atoms with Crippen molar-refractivity contribution in [2.45, 2.75) is 420 Å². The van der Waals surface area contributed by atoms with Crippen LogP contribution in [-0.4, -0.2) is 96.7 Å². The molecule has 3 N–H and O–H groups in total. The molecule has 3 unspecified atom stereocenters. The van der Waals surface area contributed by atoms with Crippen molar-refractivity contribution in [3.63, 3.8) is 0 Å². The molecular weight excluding hydrogens is 1270 g/mol. The molecule has 0 aromatic rings. The predicted molar refractivity (Wildman–Crippen MR) is 395 cm³/mol. The smallest absolute Gasteiger partial charge is 0.462 e. The van der Waals surface area contributed by atoms with E-state index in [1.807, 2.05) is 0 Å². The van der Waals surface area contributed by atoms with Crippen LogP contribution in [0.25, 0.3) is 0 Å². The van der Waals surface area contributed by atoms with Gasteiger partial charge < -0.3 is 33.8 Å². The average Bonchev–Trinajstić information content (AvgIpc) is 1.03. The highest BCUT2D eigenvalue weighted by Crippen LogP contribution is 2.45. The molecule has 19 heteroatoms. The SMILES string of the molecule is CCCCCCCCCCCCCCCCCCCCCCCC(=O)O[C@H](COC(=O)CCCCCCCCCCCCC(C)C)COP(=O)(O)OC[C@@H](O)COP(=O)(O)OC[C@@H](COC(=O)CCCCCCCCC(C)CC)OC(=O)CCCCCCCCCCCCC(C)C. The third kappa shape index (κ3) is 70.9. The van der Waals surface area contributed by atoms with E-state index in [0.717, 1.165) is 114 Å². The van der Waals surface area contributed by atoms with Gasteiger partial charge in [-0.3, -0.25) is 37.3 Å². The summed E-state index contributed by atoms with van der Waals surface area (Å²) in [4.78, 5) is 72.9. The molecule has 0 aromatic carbocycles. The Morgan fingerprint density at radius 3 is 0.784 bits per heavy atom. The van der Waals surface area contributed by atoms with Crippen LogP contribution in [0.15, 0.2) is 0 Å². The maximum atomic E-state index is 13.1. The van der Waals surface area contributed by atoms with E-state index in [9.17, 15) is 43.2 Å². The van der Waals surface area contributed by atoms with Gasteiger partial charge in [-0.2, -0.15) is 0 Å². The normalized spacial score (nSPS) is 14.3. The summed E-state index contributed by atoms with van der Waals surface area (Å²) in [7, 11) is -9.92. The molecule has 0 amide bonds. The van der Waals surface area contributed by atoms with Gasteiger partial charge >= 0.3 is 39.5 Å². The van der Waals surface area contributed by atoms with Gasteiger partial charge in [0.1, 0.15) is 19.3 Å². The summed E-state index contributed by atoms with van der Waals surface area (Å²) in [5, 5.41) is 10.6. The van der Waals surface area contributed by atoms with Gasteiger partial charge in [-0.1, -0.05) is 350 Å². The summed E-state index contributed by atoms with van der Waals surface area (Å²) < 4.78 is 68.6. The van der Waals surface area contributed by atoms with Crippen LogP contribution in [0.3, 0.4) is 0 Å². The molecule has 576 valence electrons. The average molecular weight is 1420 g/mol. The molecule has 0 heterocycles. The molecule has 0 fully saturated rings. The van der Waals surface area contributed by atoms with Crippen molar-refractivity contribution in [2.24, 2.45) is 17.8 Å². The molecule has 0 radical (unpaired) electrons. The van der Waals surface area contributed by atoms with Crippen LogP contribution in [-0.2, 0) is 65.4 Å². The Balaban J connectivity index is 5.21. The number of ether oxygens (including phenoxy) is 4. The minimum Gasteiger partial charge on any atom is -0.462 e. The number of esters is 4. The van der Waals surface area contributed by atoms with Crippen molar-refractivity contribution in [1.29, 1.82) is 0 Å². The van der Waals surface area contributed by atoms with Gasteiger partial charge in [0.15, 0.2) is 12.2 Å². The summed E-state index contributed by atoms with van der Waals surface area (Å²) in [6.07, 6.45) is 55.7. The van der Waals surface area contributed by atoms with Crippen LogP contribution in [0.2, 0.25) is 0 Å². The van der Waals surface area contributed by atoms with E-state index in [-0.39, 0.29) is 25.7 Å². The summed E-state index contributed by atoms with van der Waals surface area (Å²) in [6.45, 7) is 11.9. The fourth-order valence-electron chi connectivity index (χ4n) is 11.9. The molecule has 0 aliphatic rings. The van der Waals surface area contributed by atoms with E-state index in [2.05, 4.69) is 48.5 Å². The van der Waals surface area contributed by atoms with Crippen molar-refractivity contribution in [2.75, 3.05) is 39.6 Å². The van der Waals surface area contributed by atoms with Crippen LogP contribution in [0, 0.1) is 17.8 Å². The fraction of sp³-hybridized carbons (Fsp3) is 0.949. The first-order chi connectivity index (χ1) is 46.8. The molecule has 0 rings (SSSR count). The van der Waals surface area contributed by atoms with Gasteiger partial charge in [0.05, 0.1) is 26.4 Å². The Bertz CT molecular complexity index is 1890. The summed E-state index contributed by atoms with van der Waals surface area (Å²) in [5.74, 6) is 0.123. The van der Waals surface area contributed by atoms with Gasteiger partial charge in [-0.05, 0) is 43.4 Å². The van der Waals surface area contributed by atoms with Crippen molar-refractivity contribution in [3.05, 3.63) is 0 Å². The quantitative estimate of drug-likeness (QED) is 0.0222. The zero-order chi connectivity index (χ0) is 71.6. The number of hydrogen-bond acceptors (Lipinski definition) is 15. The first kappa shape index (κ1) is 95.1. The highest BCUT2D eigenvalue weighted by atomic mass is 31.2. The minimum atomic E-state index is -4.96. The molecule has 17 nitrogen and oxygen atoms in total. The number of aliphatic hydroxyl groups excluding tert-OH is 1. The zero-order valence-corrected chi connectivity index (χ0v) is 65.3. The standard InChI is InChI=1S/C78H152O17P2/c1-8-10-11-12-13-14-15-16-17-18-19-20-21-22-23-24-25-33-38-47-54-61-77(82)94-73(65-88-75(80)59-52-45-37-32-28-26-30-35-42-49-56-69(3)4)67-92-96(84,85)90-63-72(79)64-91-97(86,87)93-68-74(66-89-76(81)60-53-46-41-40-44-51-58-71(7)9-2)95-78(83)62-55-48-39-34-29-27-31-36-43-50-57-70(5)6/h69-74,79H,8-68H2,1-7H3,(H,84,85)(H,86,87)/t71?,72-,73-,74-/m1/s1. The van der Waals surface area contributed by atoms with E-state index >= 15 is 0 Å². The summed E-state index contributed by atoms with van der Waals surface area (Å²) in [5.41, 5.74) is 0. The van der Waals surface area contributed by atoms with Crippen LogP contribution < -0.4 is 0 Å². The number of phosphoric ester groups is 2. The monoisotopic (exact) mass is 1420 g/mol. The molecule has 0 bridgehead atoms. The van der Waals surface area contributed by atoms with Gasteiger partial charge in [0.2, 0.25) is 0 Å². The molecule has 0 saturated heterocycles. The number of phosphoric acid groups is 2. The number of carbonyl (C=O) groups is 4. The molecular formula is C78H152O17P2. The van der Waals surface area contributed by atoms with Gasteiger partial charge in [-0.25, -0.2) is 9.13 Å². The fourth-order valence-corrected chi connectivity index (χ4v) is 13.5. The maximum Gasteiger partial charge on any atom is 0.472 e. The van der Waals surface area contributed by atoms with Gasteiger partial charge in [-0.15, -0.1) is 0 Å². The predicted octanol–water partition coefficient (Wildman–Crippen LogP) is 23.0. The van der Waals surface area contributed by atoms with Crippen molar-refractivity contribution >= 4 is 39.5 Å². The number of hydrogen-bond donors (Lipinski definition) is 3. The molecule has 6 atom stereocenters. The number of carbonyl (C=O) groups excluding carboxylic acids is 4. The van der Waals surface area contributed by atoms with Gasteiger partial charge in [0, 0.05) is 25.7 Å². The van der Waals surface area contributed by atoms with E-state index in [1.54, 1.807) is 0 Å². The van der Waals surface area contributed by atoms with E-state index in [0.29, 0.717) is 25.7 Å². The Kier molecular flexibility index (Phi) is 67.1. The second kappa shape index (κ2) is 68.5. The number of rotatable bonds is 76.